The average molecular weight is 310 g/mol. The Bertz CT molecular complexity index is 584. The molecule has 0 spiro atoms. The van der Waals surface area contributed by atoms with E-state index in [1.807, 2.05) is 0 Å². The van der Waals surface area contributed by atoms with Gasteiger partial charge in [0, 0.05) is 0 Å². The molecule has 2 rings (SSSR count). The molecule has 0 aromatic heterocycles. The molecule has 4 N–H and O–H groups in total. The van der Waals surface area contributed by atoms with E-state index in [1.54, 1.807) is 0 Å². The maximum absolute atomic E-state index is 12.0. The number of thioether (sulfide) groups is 1. The molecule has 0 bridgehead atoms. The number of carboxylic acid groups (broad SMARTS) is 1. The number of hydrogen-bond donors (Lipinski definition) is 3. The molecule has 1 amide bonds. The Labute approximate surface area is 114 Å². The molecule has 3 atom stereocenters. The van der Waals surface area contributed by atoms with E-state index in [-0.39, 0.29) is 0 Å². The molecule has 0 aliphatic carbocycles. The summed E-state index contributed by atoms with van der Waals surface area (Å²) in [5.74, 6) is -2.60. The number of aliphatic carboxylic acids is 1. The largest absolute Gasteiger partial charge is 0.479 e. The lowest BCUT2D eigenvalue weighted by molar-refractivity contribution is -0.168. The molecular formula is C9H14N2O6S2. The highest BCUT2D eigenvalue weighted by Crippen LogP contribution is 2.60. The maximum Gasteiger partial charge on any atom is 0.349 e. The van der Waals surface area contributed by atoms with Gasteiger partial charge in [0.2, 0.25) is 5.91 Å². The average Bonchev–Trinajstić information content (AvgIpc) is 2.44. The molecule has 0 aromatic carbocycles. The first-order chi connectivity index (χ1) is 8.32. The zero-order chi connectivity index (χ0) is 15.0. The van der Waals surface area contributed by atoms with E-state index in [2.05, 4.69) is 0 Å². The Kier molecular flexibility index (Phi) is 2.63. The lowest BCUT2D eigenvalue weighted by Gasteiger charge is -2.51. The van der Waals surface area contributed by atoms with Crippen LogP contribution in [-0.2, 0) is 19.7 Å². The Balaban J connectivity index is 2.74. The number of β-lactam (4-membered cyclic amide) rings is 1. The van der Waals surface area contributed by atoms with Crippen molar-refractivity contribution in [1.82, 2.24) is 4.90 Å². The van der Waals surface area contributed by atoms with Gasteiger partial charge in [0.25, 0.3) is 4.87 Å². The van der Waals surface area contributed by atoms with Crippen LogP contribution in [-0.4, -0.2) is 55.4 Å². The first-order valence-electron chi connectivity index (χ1n) is 5.32. The number of amides is 1. The molecule has 2 aliphatic heterocycles. The minimum atomic E-state index is -5.06. The van der Waals surface area contributed by atoms with Gasteiger partial charge in [-0.05, 0) is 20.8 Å². The number of rotatable bonds is 2. The molecule has 2 fully saturated rings. The summed E-state index contributed by atoms with van der Waals surface area (Å²) in [5.41, 5.74) is 4.41. The molecule has 19 heavy (non-hydrogen) atoms. The Morgan fingerprint density at radius 2 is 1.89 bits per heavy atom. The topological polar surface area (TPSA) is 138 Å². The first kappa shape index (κ1) is 14.6. The molecule has 10 heteroatoms. The van der Waals surface area contributed by atoms with Crippen molar-refractivity contribution < 1.29 is 27.7 Å². The van der Waals surface area contributed by atoms with Crippen LogP contribution in [0.1, 0.15) is 20.8 Å². The zero-order valence-electron chi connectivity index (χ0n) is 10.4. The van der Waals surface area contributed by atoms with Crippen LogP contribution >= 0.6 is 11.8 Å². The van der Waals surface area contributed by atoms with Crippen molar-refractivity contribution in [3.63, 3.8) is 0 Å². The SMILES string of the molecule is CC1(C)S[C@H]2N(C(=O)[C@]2(C)N)[C@]1(C(=O)O)S(=O)(=O)O. The number of fused-ring (bicyclic) bond motifs is 1. The summed E-state index contributed by atoms with van der Waals surface area (Å²) < 4.78 is 31.4. The van der Waals surface area contributed by atoms with Crippen molar-refractivity contribution in [2.24, 2.45) is 5.73 Å². The van der Waals surface area contributed by atoms with Crippen LogP contribution in [0, 0.1) is 0 Å². The van der Waals surface area contributed by atoms with E-state index in [4.69, 9.17) is 5.73 Å². The summed E-state index contributed by atoms with van der Waals surface area (Å²) in [4.78, 5) is 21.5. The number of nitrogens with zero attached hydrogens (tertiary/aromatic N) is 1. The third-order valence-electron chi connectivity index (χ3n) is 3.65. The molecule has 108 valence electrons. The molecule has 2 heterocycles. The lowest BCUT2D eigenvalue weighted by Crippen LogP contribution is -2.81. The summed E-state index contributed by atoms with van der Waals surface area (Å²) in [7, 11) is -5.06. The summed E-state index contributed by atoms with van der Waals surface area (Å²) >= 11 is 0.951. The van der Waals surface area contributed by atoms with E-state index in [9.17, 15) is 27.7 Å². The van der Waals surface area contributed by atoms with Gasteiger partial charge in [0.1, 0.15) is 10.9 Å². The Hall–Kier alpha value is -0.840. The van der Waals surface area contributed by atoms with Crippen LogP contribution < -0.4 is 5.73 Å². The predicted octanol–water partition coefficient (Wildman–Crippen LogP) is -0.934. The highest BCUT2D eigenvalue weighted by molar-refractivity contribution is 8.03. The molecule has 0 unspecified atom stereocenters. The maximum atomic E-state index is 12.0. The van der Waals surface area contributed by atoms with Gasteiger partial charge in [-0.15, -0.1) is 11.8 Å². The fourth-order valence-corrected chi connectivity index (χ4v) is 6.13. The fourth-order valence-electron chi connectivity index (χ4n) is 2.71. The quantitative estimate of drug-likeness (QED) is 0.439. The van der Waals surface area contributed by atoms with Crippen LogP contribution in [0.2, 0.25) is 0 Å². The summed E-state index contributed by atoms with van der Waals surface area (Å²) in [5, 5.41) is 8.55. The van der Waals surface area contributed by atoms with E-state index >= 15 is 0 Å². The van der Waals surface area contributed by atoms with Gasteiger partial charge < -0.3 is 10.8 Å². The predicted molar refractivity (Wildman–Crippen MR) is 66.8 cm³/mol. The Morgan fingerprint density at radius 1 is 1.42 bits per heavy atom. The standard InChI is InChI=1S/C9H14N2O6S2/c1-7(2)9(6(13)14,19(15,16)17)11-4(12)8(3,10)5(11)18-7/h5H,10H2,1-3H3,(H,13,14)(H,15,16,17)/t5-,8+,9-/m1/s1. The van der Waals surface area contributed by atoms with E-state index < -0.39 is 42.5 Å². The van der Waals surface area contributed by atoms with Gasteiger partial charge in [-0.1, -0.05) is 0 Å². The molecule has 0 saturated carbocycles. The second kappa shape index (κ2) is 3.43. The minimum absolute atomic E-state index is 0.662. The summed E-state index contributed by atoms with van der Waals surface area (Å²) in [6, 6.07) is 0. The number of nitrogens with two attached hydrogens (primary N) is 1. The molecule has 2 aliphatic rings. The van der Waals surface area contributed by atoms with Crippen LogP contribution in [0.5, 0.6) is 0 Å². The van der Waals surface area contributed by atoms with Crippen LogP contribution in [0.3, 0.4) is 0 Å². The van der Waals surface area contributed by atoms with Crippen molar-refractivity contribution in [2.45, 2.75) is 41.3 Å². The third-order valence-corrected chi connectivity index (χ3v) is 7.22. The second-order valence-electron chi connectivity index (χ2n) is 5.36. The van der Waals surface area contributed by atoms with Gasteiger partial charge in [-0.3, -0.25) is 14.2 Å². The molecule has 8 nitrogen and oxygen atoms in total. The van der Waals surface area contributed by atoms with Crippen molar-refractivity contribution in [3.8, 4) is 0 Å². The Morgan fingerprint density at radius 3 is 2.26 bits per heavy atom. The number of carbonyl (C=O) groups is 2. The van der Waals surface area contributed by atoms with E-state index in [1.165, 1.54) is 20.8 Å². The van der Waals surface area contributed by atoms with Gasteiger partial charge in [-0.25, -0.2) is 4.79 Å². The van der Waals surface area contributed by atoms with Gasteiger partial charge in [0.05, 0.1) is 4.75 Å². The highest BCUT2D eigenvalue weighted by atomic mass is 32.2. The summed E-state index contributed by atoms with van der Waals surface area (Å²) in [6.45, 7) is 4.10. The van der Waals surface area contributed by atoms with Crippen molar-refractivity contribution in [1.29, 1.82) is 0 Å². The van der Waals surface area contributed by atoms with Crippen molar-refractivity contribution >= 4 is 33.8 Å². The van der Waals surface area contributed by atoms with Crippen LogP contribution in [0.15, 0.2) is 0 Å². The minimum Gasteiger partial charge on any atom is -0.479 e. The normalized spacial score (nSPS) is 40.8. The second-order valence-corrected chi connectivity index (χ2v) is 8.61. The molecule has 0 radical (unpaired) electrons. The van der Waals surface area contributed by atoms with E-state index in [0.717, 1.165) is 11.8 Å². The van der Waals surface area contributed by atoms with Gasteiger partial charge in [-0.2, -0.15) is 8.42 Å². The number of carbonyl (C=O) groups excluding carboxylic acids is 1. The van der Waals surface area contributed by atoms with Crippen LogP contribution in [0.4, 0.5) is 0 Å². The number of hydrogen-bond acceptors (Lipinski definition) is 6. The van der Waals surface area contributed by atoms with Gasteiger partial charge >= 0.3 is 16.1 Å². The smallest absolute Gasteiger partial charge is 0.349 e. The number of carboxylic acids is 1. The first-order valence-corrected chi connectivity index (χ1v) is 7.64. The fraction of sp³-hybridized carbons (Fsp3) is 0.778. The van der Waals surface area contributed by atoms with E-state index in [0.29, 0.717) is 4.90 Å². The summed E-state index contributed by atoms with van der Waals surface area (Å²) in [6.07, 6.45) is 0. The van der Waals surface area contributed by atoms with Crippen LogP contribution in [0.25, 0.3) is 0 Å². The van der Waals surface area contributed by atoms with Crippen molar-refractivity contribution in [2.75, 3.05) is 0 Å². The van der Waals surface area contributed by atoms with Crippen molar-refractivity contribution in [3.05, 3.63) is 0 Å². The zero-order valence-corrected chi connectivity index (χ0v) is 12.1. The molecule has 2 saturated heterocycles. The highest BCUT2D eigenvalue weighted by Gasteiger charge is 2.81. The third kappa shape index (κ3) is 1.34. The lowest BCUT2D eigenvalue weighted by atomic mass is 9.87. The molecule has 0 aromatic rings. The monoisotopic (exact) mass is 310 g/mol. The molecular weight excluding hydrogens is 296 g/mol. The van der Waals surface area contributed by atoms with Gasteiger partial charge in [0.15, 0.2) is 0 Å².